The van der Waals surface area contributed by atoms with Gasteiger partial charge >= 0.3 is 5.97 Å². The summed E-state index contributed by atoms with van der Waals surface area (Å²) in [7, 11) is 0. The number of nitro groups is 1. The van der Waals surface area contributed by atoms with E-state index in [-0.39, 0.29) is 11.3 Å². The first-order valence-corrected chi connectivity index (χ1v) is 8.77. The van der Waals surface area contributed by atoms with E-state index >= 15 is 0 Å². The number of aromatic nitrogens is 2. The van der Waals surface area contributed by atoms with Crippen LogP contribution in [0.3, 0.4) is 0 Å². The second-order valence-electron chi connectivity index (χ2n) is 6.70. The van der Waals surface area contributed by atoms with Crippen LogP contribution in [0.2, 0.25) is 0 Å². The van der Waals surface area contributed by atoms with Gasteiger partial charge in [-0.05, 0) is 25.0 Å². The maximum atomic E-state index is 12.6. The minimum Gasteiger partial charge on any atom is -0.480 e. The maximum Gasteiger partial charge on any atom is 0.329 e. The highest BCUT2D eigenvalue weighted by Crippen LogP contribution is 2.28. The molecule has 9 nitrogen and oxygen atoms in total. The monoisotopic (exact) mass is 372 g/mol. The molecule has 0 radical (unpaired) electrons. The van der Waals surface area contributed by atoms with Crippen LogP contribution in [-0.2, 0) is 4.79 Å². The number of carboxylic acid groups (broad SMARTS) is 1. The number of nitro benzene ring substituents is 1. The van der Waals surface area contributed by atoms with Gasteiger partial charge in [-0.15, -0.1) is 0 Å². The van der Waals surface area contributed by atoms with Crippen molar-refractivity contribution in [2.75, 3.05) is 0 Å². The van der Waals surface area contributed by atoms with Crippen molar-refractivity contribution >= 4 is 17.6 Å². The predicted molar refractivity (Wildman–Crippen MR) is 95.8 cm³/mol. The van der Waals surface area contributed by atoms with Crippen molar-refractivity contribution in [2.24, 2.45) is 0 Å². The van der Waals surface area contributed by atoms with Gasteiger partial charge in [0.15, 0.2) is 0 Å². The average Bonchev–Trinajstić information content (AvgIpc) is 3.02. The molecule has 2 aromatic rings. The number of carbonyl (C=O) groups is 2. The van der Waals surface area contributed by atoms with Crippen molar-refractivity contribution < 1.29 is 19.6 Å². The van der Waals surface area contributed by atoms with Crippen LogP contribution < -0.4 is 5.32 Å². The number of hydrogen-bond donors (Lipinski definition) is 2. The molecule has 2 N–H and O–H groups in total. The van der Waals surface area contributed by atoms with Crippen LogP contribution in [0.15, 0.2) is 36.7 Å². The second-order valence-corrected chi connectivity index (χ2v) is 6.70. The lowest BCUT2D eigenvalue weighted by Gasteiger charge is -2.29. The molecule has 27 heavy (non-hydrogen) atoms. The first-order valence-electron chi connectivity index (χ1n) is 8.77. The number of hydrogen-bond acceptors (Lipinski definition) is 5. The number of rotatable bonds is 5. The number of benzene rings is 1. The Labute approximate surface area is 155 Å². The van der Waals surface area contributed by atoms with Crippen molar-refractivity contribution in [3.8, 4) is 5.69 Å². The Morgan fingerprint density at radius 1 is 1.15 bits per heavy atom. The van der Waals surface area contributed by atoms with Gasteiger partial charge in [0.2, 0.25) is 0 Å². The van der Waals surface area contributed by atoms with Gasteiger partial charge in [0, 0.05) is 18.3 Å². The SMILES string of the molecule is O=C(NC1(C(=O)O)CCCCCC1)c1cnn(-c2ccc([N+](=O)[O-])cc2)c1. The molecule has 0 bridgehead atoms. The third-order valence-electron chi connectivity index (χ3n) is 4.89. The van der Waals surface area contributed by atoms with Gasteiger partial charge in [-0.2, -0.15) is 5.10 Å². The van der Waals surface area contributed by atoms with Crippen LogP contribution in [0.5, 0.6) is 0 Å². The number of aliphatic carboxylic acids is 1. The summed E-state index contributed by atoms with van der Waals surface area (Å²) < 4.78 is 1.42. The Morgan fingerprint density at radius 3 is 2.33 bits per heavy atom. The van der Waals surface area contributed by atoms with Gasteiger partial charge in [-0.25, -0.2) is 9.48 Å². The quantitative estimate of drug-likeness (QED) is 0.472. The van der Waals surface area contributed by atoms with Crippen molar-refractivity contribution in [3.63, 3.8) is 0 Å². The summed E-state index contributed by atoms with van der Waals surface area (Å²) in [5, 5.41) is 27.2. The normalized spacial score (nSPS) is 16.3. The summed E-state index contributed by atoms with van der Waals surface area (Å²) in [6, 6.07) is 5.75. The van der Waals surface area contributed by atoms with E-state index in [4.69, 9.17) is 0 Å². The lowest BCUT2D eigenvalue weighted by atomic mass is 9.90. The topological polar surface area (TPSA) is 127 Å². The van der Waals surface area contributed by atoms with Crippen molar-refractivity contribution in [1.29, 1.82) is 0 Å². The Hall–Kier alpha value is -3.23. The van der Waals surface area contributed by atoms with Crippen molar-refractivity contribution in [1.82, 2.24) is 15.1 Å². The zero-order valence-corrected chi connectivity index (χ0v) is 14.6. The summed E-state index contributed by atoms with van der Waals surface area (Å²) in [6.07, 6.45) is 7.08. The summed E-state index contributed by atoms with van der Waals surface area (Å²) >= 11 is 0. The van der Waals surface area contributed by atoms with E-state index in [1.54, 1.807) is 0 Å². The minimum absolute atomic E-state index is 0.0411. The van der Waals surface area contributed by atoms with Crippen LogP contribution in [0, 0.1) is 10.1 Å². The molecule has 0 atom stereocenters. The fourth-order valence-corrected chi connectivity index (χ4v) is 3.32. The molecule has 1 amide bonds. The van der Waals surface area contributed by atoms with E-state index < -0.39 is 22.3 Å². The molecule has 0 unspecified atom stereocenters. The second kappa shape index (κ2) is 7.56. The number of nitrogens with zero attached hydrogens (tertiary/aromatic N) is 3. The Morgan fingerprint density at radius 2 is 1.78 bits per heavy atom. The standard InChI is InChI=1S/C18H20N4O5/c23-16(20-18(17(24)25)9-3-1-2-4-10-18)13-11-19-21(12-13)14-5-7-15(8-6-14)22(26)27/h5-8,11-12H,1-4,9-10H2,(H,20,23)(H,24,25). The smallest absolute Gasteiger partial charge is 0.329 e. The molecule has 1 aliphatic rings. The molecule has 9 heteroatoms. The number of amides is 1. The molecule has 3 rings (SSSR count). The fourth-order valence-electron chi connectivity index (χ4n) is 3.32. The lowest BCUT2D eigenvalue weighted by Crippen LogP contribution is -2.54. The zero-order chi connectivity index (χ0) is 19.4. The third kappa shape index (κ3) is 3.97. The molecule has 1 heterocycles. The number of nitrogens with one attached hydrogen (secondary N) is 1. The maximum absolute atomic E-state index is 12.6. The van der Waals surface area contributed by atoms with Crippen LogP contribution >= 0.6 is 0 Å². The van der Waals surface area contributed by atoms with Gasteiger partial charge in [-0.3, -0.25) is 14.9 Å². The first-order chi connectivity index (χ1) is 12.9. The van der Waals surface area contributed by atoms with Crippen LogP contribution in [-0.4, -0.2) is 37.2 Å². The van der Waals surface area contributed by atoms with E-state index in [9.17, 15) is 24.8 Å². The van der Waals surface area contributed by atoms with Crippen LogP contribution in [0.25, 0.3) is 5.69 Å². The Bertz CT molecular complexity index is 851. The molecule has 1 fully saturated rings. The molecular formula is C18H20N4O5. The molecular weight excluding hydrogens is 352 g/mol. The summed E-state index contributed by atoms with van der Waals surface area (Å²) in [5.41, 5.74) is -0.496. The third-order valence-corrected chi connectivity index (χ3v) is 4.89. The first kappa shape index (κ1) is 18.6. The van der Waals surface area contributed by atoms with Crippen molar-refractivity contribution in [2.45, 2.75) is 44.1 Å². The number of non-ortho nitro benzene ring substituents is 1. The van der Waals surface area contributed by atoms with E-state index in [2.05, 4.69) is 10.4 Å². The molecule has 1 aromatic carbocycles. The van der Waals surface area contributed by atoms with Gasteiger partial charge in [0.25, 0.3) is 11.6 Å². The molecule has 0 saturated heterocycles. The Kier molecular flexibility index (Phi) is 5.20. The van der Waals surface area contributed by atoms with Gasteiger partial charge in [0.1, 0.15) is 5.54 Å². The summed E-state index contributed by atoms with van der Waals surface area (Å²) in [6.45, 7) is 0. The highest BCUT2D eigenvalue weighted by molar-refractivity contribution is 5.97. The van der Waals surface area contributed by atoms with E-state index in [0.717, 1.165) is 25.7 Å². The van der Waals surface area contributed by atoms with Gasteiger partial charge in [0.05, 0.1) is 22.4 Å². The summed E-state index contributed by atoms with van der Waals surface area (Å²) in [5.74, 6) is -1.51. The molecule has 0 aliphatic heterocycles. The van der Waals surface area contributed by atoms with Gasteiger partial charge in [-0.1, -0.05) is 25.7 Å². The summed E-state index contributed by atoms with van der Waals surface area (Å²) in [4.78, 5) is 34.7. The lowest BCUT2D eigenvalue weighted by molar-refractivity contribution is -0.384. The van der Waals surface area contributed by atoms with Gasteiger partial charge < -0.3 is 10.4 Å². The molecule has 142 valence electrons. The number of carboxylic acids is 1. The molecule has 1 aliphatic carbocycles. The molecule has 1 saturated carbocycles. The van der Waals surface area contributed by atoms with E-state index in [1.165, 1.54) is 41.3 Å². The Balaban J connectivity index is 1.77. The predicted octanol–water partition coefficient (Wildman–Crippen LogP) is 2.69. The average molecular weight is 372 g/mol. The highest BCUT2D eigenvalue weighted by atomic mass is 16.6. The van der Waals surface area contributed by atoms with Crippen LogP contribution in [0.1, 0.15) is 48.9 Å². The highest BCUT2D eigenvalue weighted by Gasteiger charge is 2.40. The van der Waals surface area contributed by atoms with E-state index in [1.807, 2.05) is 0 Å². The molecule has 0 spiro atoms. The minimum atomic E-state index is -1.25. The number of carbonyl (C=O) groups excluding carboxylic acids is 1. The zero-order valence-electron chi connectivity index (χ0n) is 14.6. The molecule has 1 aromatic heterocycles. The van der Waals surface area contributed by atoms with E-state index in [0.29, 0.717) is 18.5 Å². The van der Waals surface area contributed by atoms with Crippen LogP contribution in [0.4, 0.5) is 5.69 Å². The van der Waals surface area contributed by atoms with Crippen molar-refractivity contribution in [3.05, 3.63) is 52.3 Å². The fraction of sp³-hybridized carbons (Fsp3) is 0.389. The largest absolute Gasteiger partial charge is 0.480 e.